The van der Waals surface area contributed by atoms with Crippen molar-refractivity contribution >= 4 is 34.8 Å². The summed E-state index contributed by atoms with van der Waals surface area (Å²) in [5, 5.41) is 2.10. The Balaban J connectivity index is 1.84. The number of amides is 2. The molecule has 1 N–H and O–H groups in total. The van der Waals surface area contributed by atoms with Gasteiger partial charge in [-0.1, -0.05) is 29.8 Å². The Morgan fingerprint density at radius 3 is 2.58 bits per heavy atom. The highest BCUT2D eigenvalue weighted by Crippen LogP contribution is 2.35. The first-order valence-electron chi connectivity index (χ1n) is 7.77. The average molecular weight is 383 g/mol. The fourth-order valence-electron chi connectivity index (χ4n) is 2.96. The second-order valence-corrected chi connectivity index (χ2v) is 6.41. The first-order valence-corrected chi connectivity index (χ1v) is 8.15. The minimum Gasteiger partial charge on any atom is -0.316 e. The number of carbonyl (C=O) groups is 2. The predicted octanol–water partition coefficient (Wildman–Crippen LogP) is 4.28. The van der Waals surface area contributed by atoms with Crippen molar-refractivity contribution in [3.63, 3.8) is 0 Å². The number of hydrogen-bond donors (Lipinski definition) is 1. The molecule has 1 aliphatic rings. The van der Waals surface area contributed by atoms with Gasteiger partial charge in [-0.15, -0.1) is 0 Å². The molecule has 0 aliphatic carbocycles. The van der Waals surface area contributed by atoms with Crippen LogP contribution in [0.4, 0.5) is 24.5 Å². The maximum Gasteiger partial charge on any atom is 0.416 e. The summed E-state index contributed by atoms with van der Waals surface area (Å²) < 4.78 is 38.5. The Morgan fingerprint density at radius 1 is 1.19 bits per heavy atom. The SMILES string of the molecule is CC1Cc2ccccc2N1C(=O)C(=O)Nc1cc(C(F)(F)F)ccc1Cl. The molecule has 0 saturated heterocycles. The number of alkyl halides is 3. The zero-order valence-corrected chi connectivity index (χ0v) is 14.4. The largest absolute Gasteiger partial charge is 0.416 e. The van der Waals surface area contributed by atoms with E-state index in [0.29, 0.717) is 18.2 Å². The lowest BCUT2D eigenvalue weighted by Crippen LogP contribution is -2.43. The van der Waals surface area contributed by atoms with E-state index < -0.39 is 23.6 Å². The first kappa shape index (κ1) is 18.3. The topological polar surface area (TPSA) is 49.4 Å². The van der Waals surface area contributed by atoms with Crippen LogP contribution in [0.5, 0.6) is 0 Å². The number of halogens is 4. The van der Waals surface area contributed by atoms with Gasteiger partial charge < -0.3 is 10.2 Å². The number of carbonyl (C=O) groups excluding carboxylic acids is 2. The quantitative estimate of drug-likeness (QED) is 0.749. The van der Waals surface area contributed by atoms with Crippen LogP contribution >= 0.6 is 11.6 Å². The van der Waals surface area contributed by atoms with E-state index in [4.69, 9.17) is 11.6 Å². The molecular weight excluding hydrogens is 369 g/mol. The Kier molecular flexibility index (Phi) is 4.66. The first-order chi connectivity index (χ1) is 12.2. The van der Waals surface area contributed by atoms with E-state index in [2.05, 4.69) is 5.32 Å². The van der Waals surface area contributed by atoms with Crippen molar-refractivity contribution in [2.24, 2.45) is 0 Å². The summed E-state index contributed by atoms with van der Waals surface area (Å²) in [4.78, 5) is 26.2. The highest BCUT2D eigenvalue weighted by Gasteiger charge is 2.35. The molecule has 26 heavy (non-hydrogen) atoms. The van der Waals surface area contributed by atoms with Gasteiger partial charge in [-0.3, -0.25) is 9.59 Å². The van der Waals surface area contributed by atoms with E-state index in [1.807, 2.05) is 12.1 Å². The van der Waals surface area contributed by atoms with Crippen molar-refractivity contribution in [1.29, 1.82) is 0 Å². The molecule has 2 aromatic carbocycles. The number of fused-ring (bicyclic) bond motifs is 1. The van der Waals surface area contributed by atoms with Crippen LogP contribution < -0.4 is 10.2 Å². The number of nitrogens with one attached hydrogen (secondary N) is 1. The van der Waals surface area contributed by atoms with Crippen molar-refractivity contribution in [3.8, 4) is 0 Å². The second-order valence-electron chi connectivity index (χ2n) is 6.00. The summed E-state index contributed by atoms with van der Waals surface area (Å²) in [5.41, 5.74) is 0.318. The fourth-order valence-corrected chi connectivity index (χ4v) is 3.12. The molecule has 0 bridgehead atoms. The summed E-state index contributed by atoms with van der Waals surface area (Å²) in [5.74, 6) is -1.90. The zero-order valence-electron chi connectivity index (χ0n) is 13.6. The molecule has 1 aliphatic heterocycles. The van der Waals surface area contributed by atoms with Crippen LogP contribution in [0.3, 0.4) is 0 Å². The third-order valence-corrected chi connectivity index (χ3v) is 4.49. The van der Waals surface area contributed by atoms with Crippen LogP contribution in [0.15, 0.2) is 42.5 Å². The van der Waals surface area contributed by atoms with E-state index in [0.717, 1.165) is 17.7 Å². The van der Waals surface area contributed by atoms with Crippen molar-refractivity contribution in [1.82, 2.24) is 0 Å². The molecule has 1 unspecified atom stereocenters. The van der Waals surface area contributed by atoms with Gasteiger partial charge in [-0.2, -0.15) is 13.2 Å². The monoisotopic (exact) mass is 382 g/mol. The van der Waals surface area contributed by atoms with E-state index in [1.54, 1.807) is 19.1 Å². The average Bonchev–Trinajstić information content (AvgIpc) is 2.90. The Morgan fingerprint density at radius 2 is 1.88 bits per heavy atom. The number of benzene rings is 2. The third-order valence-electron chi connectivity index (χ3n) is 4.16. The van der Waals surface area contributed by atoms with Crippen molar-refractivity contribution in [2.45, 2.75) is 25.6 Å². The maximum atomic E-state index is 12.8. The smallest absolute Gasteiger partial charge is 0.316 e. The molecule has 2 amide bonds. The summed E-state index contributed by atoms with van der Waals surface area (Å²) >= 11 is 5.86. The molecule has 0 radical (unpaired) electrons. The lowest BCUT2D eigenvalue weighted by molar-refractivity contribution is -0.137. The minimum absolute atomic E-state index is 0.0889. The summed E-state index contributed by atoms with van der Waals surface area (Å²) in [6.45, 7) is 1.79. The van der Waals surface area contributed by atoms with Gasteiger partial charge in [0.25, 0.3) is 0 Å². The molecule has 136 valence electrons. The molecule has 3 rings (SSSR count). The van der Waals surface area contributed by atoms with Gasteiger partial charge in [0, 0.05) is 11.7 Å². The summed E-state index contributed by atoms with van der Waals surface area (Å²) in [6, 6.07) is 9.47. The standard InChI is InChI=1S/C18H14ClF3N2O2/c1-10-8-11-4-2-3-5-15(11)24(10)17(26)16(25)23-14-9-12(18(20,21)22)6-7-13(14)19/h2-7,9-10H,8H2,1H3,(H,23,25). The van der Waals surface area contributed by atoms with Crippen LogP contribution in [-0.2, 0) is 22.2 Å². The maximum absolute atomic E-state index is 12.8. The van der Waals surface area contributed by atoms with Gasteiger partial charge in [0.1, 0.15) is 0 Å². The van der Waals surface area contributed by atoms with Crippen LogP contribution in [0, 0.1) is 0 Å². The number of para-hydroxylation sites is 1. The lowest BCUT2D eigenvalue weighted by atomic mass is 10.1. The number of rotatable bonds is 1. The molecule has 8 heteroatoms. The Bertz CT molecular complexity index is 883. The van der Waals surface area contributed by atoms with E-state index in [1.165, 1.54) is 4.90 Å². The van der Waals surface area contributed by atoms with Gasteiger partial charge in [-0.25, -0.2) is 0 Å². The Hall–Kier alpha value is -2.54. The molecular formula is C18H14ClF3N2O2. The number of nitrogens with zero attached hydrogens (tertiary/aromatic N) is 1. The predicted molar refractivity (Wildman–Crippen MR) is 92.2 cm³/mol. The molecule has 0 aromatic heterocycles. The van der Waals surface area contributed by atoms with Crippen LogP contribution in [-0.4, -0.2) is 17.9 Å². The minimum atomic E-state index is -4.59. The number of hydrogen-bond acceptors (Lipinski definition) is 2. The van der Waals surface area contributed by atoms with Crippen LogP contribution in [0.1, 0.15) is 18.1 Å². The van der Waals surface area contributed by atoms with Gasteiger partial charge in [0.05, 0.1) is 16.3 Å². The van der Waals surface area contributed by atoms with Crippen LogP contribution in [0.25, 0.3) is 0 Å². The molecule has 0 spiro atoms. The van der Waals surface area contributed by atoms with Crippen molar-refractivity contribution < 1.29 is 22.8 Å². The summed E-state index contributed by atoms with van der Waals surface area (Å²) in [7, 11) is 0. The third kappa shape index (κ3) is 3.39. The fraction of sp³-hybridized carbons (Fsp3) is 0.222. The Labute approximate surface area is 152 Å². The van der Waals surface area contributed by atoms with Gasteiger partial charge in [0.15, 0.2) is 0 Å². The molecule has 2 aromatic rings. The normalized spacial score (nSPS) is 16.3. The molecule has 4 nitrogen and oxygen atoms in total. The summed E-state index contributed by atoms with van der Waals surface area (Å²) in [6.07, 6.45) is -3.99. The van der Waals surface area contributed by atoms with Crippen molar-refractivity contribution in [2.75, 3.05) is 10.2 Å². The van der Waals surface area contributed by atoms with Crippen molar-refractivity contribution in [3.05, 3.63) is 58.6 Å². The van der Waals surface area contributed by atoms with Gasteiger partial charge in [0.2, 0.25) is 0 Å². The van der Waals surface area contributed by atoms with E-state index in [9.17, 15) is 22.8 Å². The van der Waals surface area contributed by atoms with Gasteiger partial charge >= 0.3 is 18.0 Å². The lowest BCUT2D eigenvalue weighted by Gasteiger charge is -2.22. The highest BCUT2D eigenvalue weighted by atomic mass is 35.5. The zero-order chi connectivity index (χ0) is 19.1. The van der Waals surface area contributed by atoms with E-state index >= 15 is 0 Å². The number of anilines is 2. The van der Waals surface area contributed by atoms with E-state index in [-0.39, 0.29) is 16.8 Å². The molecule has 1 heterocycles. The highest BCUT2D eigenvalue weighted by molar-refractivity contribution is 6.45. The molecule has 0 saturated carbocycles. The van der Waals surface area contributed by atoms with Crippen LogP contribution in [0.2, 0.25) is 5.02 Å². The van der Waals surface area contributed by atoms with Gasteiger partial charge in [-0.05, 0) is 43.2 Å². The molecule has 0 fully saturated rings. The molecule has 1 atom stereocenters. The second kappa shape index (κ2) is 6.64.